The van der Waals surface area contributed by atoms with E-state index in [0.29, 0.717) is 0 Å². The maximum atomic E-state index is 12.4. The Morgan fingerprint density at radius 1 is 1.18 bits per heavy atom. The molecule has 2 rings (SSSR count). The first kappa shape index (κ1) is 12.8. The predicted molar refractivity (Wildman–Crippen MR) is 64.1 cm³/mol. The second kappa shape index (κ2) is 5.31. The van der Waals surface area contributed by atoms with Crippen LogP contribution in [0.2, 0.25) is 0 Å². The van der Waals surface area contributed by atoms with Gasteiger partial charge in [-0.3, -0.25) is 0 Å². The summed E-state index contributed by atoms with van der Waals surface area (Å²) in [5.41, 5.74) is 0.356. The van der Waals surface area contributed by atoms with Gasteiger partial charge in [0.05, 0.1) is 5.56 Å². The lowest BCUT2D eigenvalue weighted by molar-refractivity contribution is -0.137. The zero-order valence-corrected chi connectivity index (χ0v) is 10.1. The highest BCUT2D eigenvalue weighted by Gasteiger charge is 2.30. The molecule has 1 N–H and O–H groups in total. The zero-order valence-electron chi connectivity index (χ0n) is 9.26. The average Bonchev–Trinajstić information content (AvgIpc) is 2.56. The molecular weight excluding hydrogens is 247 g/mol. The van der Waals surface area contributed by atoms with Gasteiger partial charge in [-0.1, -0.05) is 12.1 Å². The first-order valence-corrected chi connectivity index (χ1v) is 6.71. The summed E-state index contributed by atoms with van der Waals surface area (Å²) in [4.78, 5) is 0. The van der Waals surface area contributed by atoms with Gasteiger partial charge in [0.25, 0.3) is 0 Å². The lowest BCUT2D eigenvalue weighted by Crippen LogP contribution is -2.22. The van der Waals surface area contributed by atoms with Crippen LogP contribution in [-0.2, 0) is 6.18 Å². The van der Waals surface area contributed by atoms with E-state index in [1.54, 1.807) is 12.1 Å². The van der Waals surface area contributed by atoms with E-state index in [9.17, 15) is 13.2 Å². The molecule has 1 fully saturated rings. The molecule has 1 aliphatic heterocycles. The normalized spacial score (nSPS) is 22.2. The minimum absolute atomic E-state index is 0.171. The van der Waals surface area contributed by atoms with Gasteiger partial charge in [-0.2, -0.15) is 24.9 Å². The van der Waals surface area contributed by atoms with Gasteiger partial charge in [-0.05, 0) is 36.4 Å². The molecule has 1 heterocycles. The van der Waals surface area contributed by atoms with Crippen LogP contribution < -0.4 is 5.32 Å². The van der Waals surface area contributed by atoms with E-state index in [0.717, 1.165) is 42.2 Å². The molecule has 0 saturated carbocycles. The maximum Gasteiger partial charge on any atom is 0.416 e. The van der Waals surface area contributed by atoms with Crippen LogP contribution in [0.1, 0.15) is 23.6 Å². The van der Waals surface area contributed by atoms with E-state index in [1.165, 1.54) is 0 Å². The van der Waals surface area contributed by atoms with Gasteiger partial charge in [0.15, 0.2) is 0 Å². The summed E-state index contributed by atoms with van der Waals surface area (Å²) in [6.07, 6.45) is -3.13. The molecule has 17 heavy (non-hydrogen) atoms. The summed E-state index contributed by atoms with van der Waals surface area (Å²) in [5, 5.41) is 3.35. The van der Waals surface area contributed by atoms with Gasteiger partial charge in [-0.15, -0.1) is 0 Å². The quantitative estimate of drug-likeness (QED) is 0.830. The van der Waals surface area contributed by atoms with E-state index in [1.807, 2.05) is 11.8 Å². The number of rotatable bonds is 1. The lowest BCUT2D eigenvalue weighted by Gasteiger charge is -2.16. The van der Waals surface area contributed by atoms with Crippen LogP contribution in [0.5, 0.6) is 0 Å². The highest BCUT2D eigenvalue weighted by Crippen LogP contribution is 2.30. The van der Waals surface area contributed by atoms with E-state index in [2.05, 4.69) is 5.32 Å². The van der Waals surface area contributed by atoms with Crippen LogP contribution in [0.25, 0.3) is 0 Å². The lowest BCUT2D eigenvalue weighted by atomic mass is 10.1. The number of hydrogen-bond acceptors (Lipinski definition) is 2. The molecule has 0 bridgehead atoms. The second-order valence-electron chi connectivity index (χ2n) is 4.05. The van der Waals surface area contributed by atoms with Gasteiger partial charge < -0.3 is 5.32 Å². The number of benzene rings is 1. The molecule has 1 nitrogen and oxygen atoms in total. The standard InChI is InChI=1S/C12H14F3NS/c13-12(14,15)10-4-2-9(3-5-10)11-8-17-7-1-6-16-11/h2-5,11,16H,1,6-8H2. The third-order valence-corrected chi connectivity index (χ3v) is 3.93. The number of halogens is 3. The SMILES string of the molecule is FC(F)(F)c1ccc(C2CSCCCN2)cc1. The van der Waals surface area contributed by atoms with Crippen molar-refractivity contribution in [2.24, 2.45) is 0 Å². The molecular formula is C12H14F3NS. The van der Waals surface area contributed by atoms with E-state index in [4.69, 9.17) is 0 Å². The average molecular weight is 261 g/mol. The van der Waals surface area contributed by atoms with Gasteiger partial charge >= 0.3 is 6.18 Å². The van der Waals surface area contributed by atoms with Crippen molar-refractivity contribution in [2.45, 2.75) is 18.6 Å². The van der Waals surface area contributed by atoms with Gasteiger partial charge in [0.1, 0.15) is 0 Å². The van der Waals surface area contributed by atoms with Crippen LogP contribution in [0.4, 0.5) is 13.2 Å². The Kier molecular flexibility index (Phi) is 3.99. The maximum absolute atomic E-state index is 12.4. The smallest absolute Gasteiger partial charge is 0.309 e. The molecule has 1 aromatic carbocycles. The Morgan fingerprint density at radius 2 is 1.88 bits per heavy atom. The van der Waals surface area contributed by atoms with Crippen molar-refractivity contribution in [2.75, 3.05) is 18.1 Å². The number of hydrogen-bond donors (Lipinski definition) is 1. The number of nitrogens with one attached hydrogen (secondary N) is 1. The van der Waals surface area contributed by atoms with Crippen LogP contribution in [-0.4, -0.2) is 18.1 Å². The Bertz CT molecular complexity index is 353. The van der Waals surface area contributed by atoms with Crippen molar-refractivity contribution in [3.05, 3.63) is 35.4 Å². The minimum atomic E-state index is -4.25. The van der Waals surface area contributed by atoms with Crippen LogP contribution >= 0.6 is 11.8 Å². The fourth-order valence-corrected chi connectivity index (χ4v) is 2.89. The molecule has 0 amide bonds. The number of alkyl halides is 3. The van der Waals surface area contributed by atoms with Gasteiger partial charge in [-0.25, -0.2) is 0 Å². The summed E-state index contributed by atoms with van der Waals surface area (Å²) in [5.74, 6) is 2.04. The Labute approximate surface area is 103 Å². The molecule has 1 aromatic rings. The van der Waals surface area contributed by atoms with Crippen LogP contribution in [0.15, 0.2) is 24.3 Å². The topological polar surface area (TPSA) is 12.0 Å². The molecule has 1 aliphatic rings. The molecule has 5 heteroatoms. The van der Waals surface area contributed by atoms with Gasteiger partial charge in [0.2, 0.25) is 0 Å². The van der Waals surface area contributed by atoms with Gasteiger partial charge in [0, 0.05) is 11.8 Å². The Balaban J connectivity index is 2.11. The summed E-state index contributed by atoms with van der Waals surface area (Å²) >= 11 is 1.84. The molecule has 0 aliphatic carbocycles. The first-order chi connectivity index (χ1) is 8.07. The van der Waals surface area contributed by atoms with Crippen molar-refractivity contribution >= 4 is 11.8 Å². The van der Waals surface area contributed by atoms with Crippen LogP contribution in [0, 0.1) is 0 Å². The van der Waals surface area contributed by atoms with E-state index in [-0.39, 0.29) is 6.04 Å². The third-order valence-electron chi connectivity index (χ3n) is 2.78. The highest BCUT2D eigenvalue weighted by molar-refractivity contribution is 7.99. The fraction of sp³-hybridized carbons (Fsp3) is 0.500. The van der Waals surface area contributed by atoms with E-state index >= 15 is 0 Å². The van der Waals surface area contributed by atoms with Crippen molar-refractivity contribution in [3.63, 3.8) is 0 Å². The second-order valence-corrected chi connectivity index (χ2v) is 5.20. The van der Waals surface area contributed by atoms with Crippen molar-refractivity contribution < 1.29 is 13.2 Å². The molecule has 0 radical (unpaired) electrons. The van der Waals surface area contributed by atoms with E-state index < -0.39 is 11.7 Å². The summed E-state index contributed by atoms with van der Waals surface area (Å²) < 4.78 is 37.2. The molecule has 1 atom stereocenters. The summed E-state index contributed by atoms with van der Waals surface area (Å²) in [6, 6.07) is 5.64. The monoisotopic (exact) mass is 261 g/mol. The zero-order chi connectivity index (χ0) is 12.3. The van der Waals surface area contributed by atoms with Crippen molar-refractivity contribution in [1.82, 2.24) is 5.32 Å². The first-order valence-electron chi connectivity index (χ1n) is 5.55. The molecule has 1 unspecified atom stereocenters. The van der Waals surface area contributed by atoms with Crippen molar-refractivity contribution in [3.8, 4) is 0 Å². The Hall–Kier alpha value is -0.680. The third kappa shape index (κ3) is 3.39. The Morgan fingerprint density at radius 3 is 2.53 bits per heavy atom. The molecule has 0 spiro atoms. The largest absolute Gasteiger partial charge is 0.416 e. The molecule has 94 valence electrons. The molecule has 1 saturated heterocycles. The van der Waals surface area contributed by atoms with Crippen LogP contribution in [0.3, 0.4) is 0 Å². The number of thioether (sulfide) groups is 1. The predicted octanol–water partition coefficient (Wildman–Crippen LogP) is 3.47. The molecule has 0 aromatic heterocycles. The highest BCUT2D eigenvalue weighted by atomic mass is 32.2. The minimum Gasteiger partial charge on any atom is -0.309 e. The summed E-state index contributed by atoms with van der Waals surface area (Å²) in [7, 11) is 0. The fourth-order valence-electron chi connectivity index (χ4n) is 1.83. The summed E-state index contributed by atoms with van der Waals surface area (Å²) in [6.45, 7) is 0.929. The van der Waals surface area contributed by atoms with Crippen molar-refractivity contribution in [1.29, 1.82) is 0 Å².